The van der Waals surface area contributed by atoms with E-state index in [0.29, 0.717) is 24.0 Å². The molecular formula is C22H21N5O3. The lowest BCUT2D eigenvalue weighted by atomic mass is 9.97. The first kappa shape index (κ1) is 18.5. The number of aromatic nitrogens is 4. The third-order valence-corrected chi connectivity index (χ3v) is 5.74. The Balaban J connectivity index is 1.27. The number of nitrogens with zero attached hydrogens (tertiary/aromatic N) is 5. The standard InChI is InChI=1S/C22H21N5O3/c1-14-5-4-8-18-20(14)30-21(23-18)15-9-11-26(12-10-15)19(28)13-27-22(29)16-6-2-3-7-17(16)24-25-27/h2-8,15H,9-13H2,1H3. The third-order valence-electron chi connectivity index (χ3n) is 5.74. The molecule has 1 fully saturated rings. The van der Waals surface area contributed by atoms with E-state index in [9.17, 15) is 9.59 Å². The molecule has 5 rings (SSSR count). The number of rotatable bonds is 3. The van der Waals surface area contributed by atoms with Crippen molar-refractivity contribution in [3.63, 3.8) is 0 Å². The maximum Gasteiger partial charge on any atom is 0.278 e. The molecule has 0 saturated carbocycles. The molecule has 0 N–H and O–H groups in total. The summed E-state index contributed by atoms with van der Waals surface area (Å²) in [5.74, 6) is 0.792. The van der Waals surface area contributed by atoms with Crippen LogP contribution in [0.2, 0.25) is 0 Å². The van der Waals surface area contributed by atoms with Crippen LogP contribution in [0.5, 0.6) is 0 Å². The monoisotopic (exact) mass is 403 g/mol. The van der Waals surface area contributed by atoms with E-state index in [1.807, 2.05) is 25.1 Å². The number of carbonyl (C=O) groups is 1. The van der Waals surface area contributed by atoms with Crippen molar-refractivity contribution in [2.75, 3.05) is 13.1 Å². The predicted octanol–water partition coefficient (Wildman–Crippen LogP) is 2.65. The Kier molecular flexibility index (Phi) is 4.54. The summed E-state index contributed by atoms with van der Waals surface area (Å²) in [7, 11) is 0. The van der Waals surface area contributed by atoms with Gasteiger partial charge < -0.3 is 9.32 Å². The number of hydrogen-bond donors (Lipinski definition) is 0. The molecule has 0 bridgehead atoms. The van der Waals surface area contributed by atoms with Gasteiger partial charge in [-0.1, -0.05) is 29.5 Å². The Morgan fingerprint density at radius 2 is 1.87 bits per heavy atom. The summed E-state index contributed by atoms with van der Waals surface area (Å²) >= 11 is 0. The molecule has 8 heteroatoms. The van der Waals surface area contributed by atoms with Gasteiger partial charge in [0.2, 0.25) is 5.91 Å². The van der Waals surface area contributed by atoms with E-state index in [0.717, 1.165) is 40.1 Å². The van der Waals surface area contributed by atoms with Crippen LogP contribution >= 0.6 is 0 Å². The number of piperidine rings is 1. The van der Waals surface area contributed by atoms with E-state index in [4.69, 9.17) is 4.42 Å². The first-order valence-electron chi connectivity index (χ1n) is 10.1. The fourth-order valence-electron chi connectivity index (χ4n) is 4.01. The SMILES string of the molecule is Cc1cccc2nc(C3CCN(C(=O)Cn4nnc5ccccc5c4=O)CC3)oc12. The van der Waals surface area contributed by atoms with Gasteiger partial charge in [-0.05, 0) is 43.5 Å². The lowest BCUT2D eigenvalue weighted by Gasteiger charge is -2.30. The van der Waals surface area contributed by atoms with E-state index in [2.05, 4.69) is 15.3 Å². The number of benzene rings is 2. The second kappa shape index (κ2) is 7.37. The van der Waals surface area contributed by atoms with Gasteiger partial charge in [-0.15, -0.1) is 5.10 Å². The van der Waals surface area contributed by atoms with Crippen molar-refractivity contribution < 1.29 is 9.21 Å². The van der Waals surface area contributed by atoms with Gasteiger partial charge in [-0.25, -0.2) is 9.67 Å². The summed E-state index contributed by atoms with van der Waals surface area (Å²) in [6, 6.07) is 12.9. The average Bonchev–Trinajstić information content (AvgIpc) is 3.22. The van der Waals surface area contributed by atoms with Crippen LogP contribution < -0.4 is 5.56 Å². The van der Waals surface area contributed by atoms with Gasteiger partial charge >= 0.3 is 0 Å². The number of aryl methyl sites for hydroxylation is 1. The van der Waals surface area contributed by atoms with Gasteiger partial charge in [0.25, 0.3) is 5.56 Å². The molecule has 0 spiro atoms. The predicted molar refractivity (Wildman–Crippen MR) is 111 cm³/mol. The average molecular weight is 403 g/mol. The molecule has 8 nitrogen and oxygen atoms in total. The summed E-state index contributed by atoms with van der Waals surface area (Å²) < 4.78 is 7.15. The highest BCUT2D eigenvalue weighted by Crippen LogP contribution is 2.31. The molecule has 2 aromatic heterocycles. The number of fused-ring (bicyclic) bond motifs is 2. The summed E-state index contributed by atoms with van der Waals surface area (Å²) in [6.07, 6.45) is 1.55. The maximum absolute atomic E-state index is 12.7. The molecule has 0 aliphatic carbocycles. The summed E-state index contributed by atoms with van der Waals surface area (Å²) in [5.41, 5.74) is 3.00. The number of para-hydroxylation sites is 1. The van der Waals surface area contributed by atoms with Crippen LogP contribution in [-0.4, -0.2) is 43.9 Å². The summed E-state index contributed by atoms with van der Waals surface area (Å²) in [4.78, 5) is 31.7. The lowest BCUT2D eigenvalue weighted by molar-refractivity contribution is -0.133. The highest BCUT2D eigenvalue weighted by Gasteiger charge is 2.27. The van der Waals surface area contributed by atoms with Gasteiger partial charge in [0, 0.05) is 19.0 Å². The van der Waals surface area contributed by atoms with Crippen molar-refractivity contribution in [1.82, 2.24) is 24.9 Å². The normalized spacial score (nSPS) is 15.2. The molecule has 30 heavy (non-hydrogen) atoms. The quantitative estimate of drug-likeness (QED) is 0.522. The Morgan fingerprint density at radius 3 is 2.67 bits per heavy atom. The molecule has 1 aliphatic heterocycles. The highest BCUT2D eigenvalue weighted by atomic mass is 16.3. The Bertz CT molecular complexity index is 1300. The Hall–Kier alpha value is -3.55. The molecule has 4 aromatic rings. The second-order valence-corrected chi connectivity index (χ2v) is 7.70. The van der Waals surface area contributed by atoms with Crippen LogP contribution in [0.15, 0.2) is 51.7 Å². The van der Waals surface area contributed by atoms with Crippen LogP contribution in [-0.2, 0) is 11.3 Å². The van der Waals surface area contributed by atoms with Crippen LogP contribution in [0.4, 0.5) is 0 Å². The van der Waals surface area contributed by atoms with Gasteiger partial charge in [-0.3, -0.25) is 9.59 Å². The van der Waals surface area contributed by atoms with Crippen molar-refractivity contribution in [2.45, 2.75) is 32.2 Å². The summed E-state index contributed by atoms with van der Waals surface area (Å²) in [5, 5.41) is 8.42. The first-order valence-corrected chi connectivity index (χ1v) is 10.1. The molecule has 0 atom stereocenters. The zero-order chi connectivity index (χ0) is 20.7. The van der Waals surface area contributed by atoms with Crippen molar-refractivity contribution in [2.24, 2.45) is 0 Å². The largest absolute Gasteiger partial charge is 0.440 e. The number of likely N-dealkylation sites (tertiary alicyclic amines) is 1. The zero-order valence-electron chi connectivity index (χ0n) is 16.6. The number of hydrogen-bond acceptors (Lipinski definition) is 6. The van der Waals surface area contributed by atoms with Crippen molar-refractivity contribution in [1.29, 1.82) is 0 Å². The highest BCUT2D eigenvalue weighted by molar-refractivity contribution is 5.78. The molecule has 0 radical (unpaired) electrons. The van der Waals surface area contributed by atoms with Crippen molar-refractivity contribution in [3.8, 4) is 0 Å². The van der Waals surface area contributed by atoms with Crippen LogP contribution in [0.3, 0.4) is 0 Å². The Morgan fingerprint density at radius 1 is 1.10 bits per heavy atom. The van der Waals surface area contributed by atoms with Gasteiger partial charge in [0.1, 0.15) is 17.6 Å². The van der Waals surface area contributed by atoms with E-state index >= 15 is 0 Å². The first-order chi connectivity index (χ1) is 14.6. The fourth-order valence-corrected chi connectivity index (χ4v) is 4.01. The minimum absolute atomic E-state index is 0.108. The number of oxazole rings is 1. The topological polar surface area (TPSA) is 94.1 Å². The molecular weight excluding hydrogens is 382 g/mol. The molecule has 0 unspecified atom stereocenters. The molecule has 1 saturated heterocycles. The number of amides is 1. The molecule has 3 heterocycles. The van der Waals surface area contributed by atoms with Crippen LogP contribution in [0, 0.1) is 6.92 Å². The summed E-state index contributed by atoms with van der Waals surface area (Å²) in [6.45, 7) is 3.09. The molecule has 1 aliphatic rings. The maximum atomic E-state index is 12.7. The van der Waals surface area contributed by atoms with E-state index < -0.39 is 0 Å². The van der Waals surface area contributed by atoms with E-state index in [1.165, 1.54) is 0 Å². The van der Waals surface area contributed by atoms with Crippen LogP contribution in [0.25, 0.3) is 22.0 Å². The molecule has 152 valence electrons. The van der Waals surface area contributed by atoms with Gasteiger partial charge in [0.15, 0.2) is 11.5 Å². The molecule has 1 amide bonds. The zero-order valence-corrected chi connectivity index (χ0v) is 16.6. The lowest BCUT2D eigenvalue weighted by Crippen LogP contribution is -2.41. The van der Waals surface area contributed by atoms with Crippen molar-refractivity contribution in [3.05, 3.63) is 64.3 Å². The van der Waals surface area contributed by atoms with E-state index in [-0.39, 0.29) is 23.9 Å². The second-order valence-electron chi connectivity index (χ2n) is 7.70. The Labute approximate surface area is 172 Å². The van der Waals surface area contributed by atoms with Gasteiger partial charge in [-0.2, -0.15) is 0 Å². The van der Waals surface area contributed by atoms with Crippen molar-refractivity contribution >= 4 is 27.9 Å². The minimum Gasteiger partial charge on any atom is -0.440 e. The fraction of sp³-hybridized carbons (Fsp3) is 0.318. The minimum atomic E-state index is -0.300. The smallest absolute Gasteiger partial charge is 0.278 e. The molecule has 2 aromatic carbocycles. The third kappa shape index (κ3) is 3.24. The van der Waals surface area contributed by atoms with Crippen LogP contribution in [0.1, 0.15) is 30.2 Å². The number of carbonyl (C=O) groups excluding carboxylic acids is 1. The van der Waals surface area contributed by atoms with E-state index in [1.54, 1.807) is 29.2 Å². The van der Waals surface area contributed by atoms with Gasteiger partial charge in [0.05, 0.1) is 5.39 Å².